The van der Waals surface area contributed by atoms with Crippen LogP contribution >= 0.6 is 0 Å². The normalized spacial score (nSPS) is 12.4. The van der Waals surface area contributed by atoms with Gasteiger partial charge in [0.05, 0.1) is 25.3 Å². The molecule has 4 aromatic rings. The molecule has 2 aromatic heterocycles. The molecule has 1 aliphatic heterocycles. The van der Waals surface area contributed by atoms with Crippen LogP contribution in [0.3, 0.4) is 0 Å². The monoisotopic (exact) mass is 406 g/mol. The molecule has 1 aliphatic rings. The second-order valence-electron chi connectivity index (χ2n) is 6.62. The molecular formula is C24H26N2O4. The minimum atomic E-state index is 0.322. The Morgan fingerprint density at radius 2 is 1.70 bits per heavy atom. The zero-order valence-corrected chi connectivity index (χ0v) is 16.7. The highest BCUT2D eigenvalue weighted by atomic mass is 16.5. The van der Waals surface area contributed by atoms with E-state index in [1.165, 1.54) is 11.1 Å². The average Bonchev–Trinajstić information content (AvgIpc) is 3.49. The van der Waals surface area contributed by atoms with Crippen molar-refractivity contribution in [2.45, 2.75) is 19.6 Å². The van der Waals surface area contributed by atoms with E-state index >= 15 is 0 Å². The second kappa shape index (κ2) is 11.5. The molecule has 156 valence electrons. The first-order valence-electron chi connectivity index (χ1n) is 9.65. The van der Waals surface area contributed by atoms with Gasteiger partial charge in [0.15, 0.2) is 0 Å². The summed E-state index contributed by atoms with van der Waals surface area (Å²) >= 11 is 0. The molecule has 0 saturated heterocycles. The van der Waals surface area contributed by atoms with Crippen LogP contribution in [0.4, 0.5) is 0 Å². The number of para-hydroxylation sites is 2. The zero-order valence-electron chi connectivity index (χ0n) is 16.7. The van der Waals surface area contributed by atoms with Crippen molar-refractivity contribution < 1.29 is 18.7 Å². The van der Waals surface area contributed by atoms with E-state index in [1.807, 2.05) is 42.5 Å². The van der Waals surface area contributed by atoms with Gasteiger partial charge in [-0.2, -0.15) is 0 Å². The second-order valence-corrected chi connectivity index (χ2v) is 6.62. The van der Waals surface area contributed by atoms with Crippen LogP contribution in [-0.4, -0.2) is 16.7 Å². The van der Waals surface area contributed by atoms with E-state index in [2.05, 4.69) is 11.0 Å². The van der Waals surface area contributed by atoms with Crippen LogP contribution < -0.4 is 10.5 Å². The van der Waals surface area contributed by atoms with Crippen molar-refractivity contribution in [1.82, 2.24) is 4.90 Å². The number of phenolic OH excluding ortho intramolecular Hbond substituents is 1. The van der Waals surface area contributed by atoms with Crippen molar-refractivity contribution in [2.75, 3.05) is 6.73 Å². The minimum Gasteiger partial charge on any atom is -0.508 e. The predicted molar refractivity (Wildman–Crippen MR) is 115 cm³/mol. The van der Waals surface area contributed by atoms with Crippen LogP contribution in [0.1, 0.15) is 16.9 Å². The molecule has 0 aliphatic carbocycles. The fourth-order valence-electron chi connectivity index (χ4n) is 2.82. The van der Waals surface area contributed by atoms with Gasteiger partial charge in [-0.15, -0.1) is 0 Å². The highest BCUT2D eigenvalue weighted by Gasteiger charge is 2.16. The predicted octanol–water partition coefficient (Wildman–Crippen LogP) is 4.76. The maximum absolute atomic E-state index is 8.63. The summed E-state index contributed by atoms with van der Waals surface area (Å²) in [7, 11) is 0. The standard InChI is InChI=1S/C13H13NO2.C6H6O.C5H7NO/c1-2-4-13-12(3-1)8-14(10-16-13)7-11-5-6-15-9-11;7-6-4-2-1-3-5-6;6-4-5-2-1-3-7-5/h1-6,9H,7-8,10H2;1-5,7H;1-3H,4,6H2. The third-order valence-corrected chi connectivity index (χ3v) is 4.29. The molecule has 6 nitrogen and oxygen atoms in total. The quantitative estimate of drug-likeness (QED) is 0.510. The molecule has 6 heteroatoms. The van der Waals surface area contributed by atoms with Gasteiger partial charge in [0, 0.05) is 24.2 Å². The molecule has 0 radical (unpaired) electrons. The molecular weight excluding hydrogens is 380 g/mol. The van der Waals surface area contributed by atoms with Crippen LogP contribution in [0, 0.1) is 0 Å². The molecule has 3 N–H and O–H groups in total. The molecule has 5 rings (SSSR count). The lowest BCUT2D eigenvalue weighted by Crippen LogP contribution is -2.31. The number of rotatable bonds is 3. The largest absolute Gasteiger partial charge is 0.508 e. The number of hydrogen-bond donors (Lipinski definition) is 2. The van der Waals surface area contributed by atoms with Crippen LogP contribution in [0.25, 0.3) is 0 Å². The fraction of sp³-hybridized carbons (Fsp3) is 0.167. The molecule has 0 amide bonds. The van der Waals surface area contributed by atoms with Gasteiger partial charge in [-0.1, -0.05) is 36.4 Å². The van der Waals surface area contributed by atoms with Gasteiger partial charge in [-0.05, 0) is 36.4 Å². The van der Waals surface area contributed by atoms with Crippen LogP contribution in [0.15, 0.2) is 100 Å². The first-order valence-corrected chi connectivity index (χ1v) is 9.65. The Morgan fingerprint density at radius 1 is 0.900 bits per heavy atom. The minimum absolute atomic E-state index is 0.322. The van der Waals surface area contributed by atoms with Gasteiger partial charge >= 0.3 is 0 Å². The average molecular weight is 406 g/mol. The number of hydrogen-bond acceptors (Lipinski definition) is 6. The lowest BCUT2D eigenvalue weighted by molar-refractivity contribution is 0.0885. The summed E-state index contributed by atoms with van der Waals surface area (Å²) in [4.78, 5) is 2.24. The molecule has 0 spiro atoms. The first-order chi connectivity index (χ1) is 14.7. The molecule has 0 fully saturated rings. The number of fused-ring (bicyclic) bond motifs is 1. The Balaban J connectivity index is 0.000000152. The van der Waals surface area contributed by atoms with Crippen LogP contribution in [-0.2, 0) is 19.6 Å². The van der Waals surface area contributed by atoms with E-state index in [0.717, 1.165) is 24.6 Å². The van der Waals surface area contributed by atoms with Gasteiger partial charge in [0.25, 0.3) is 0 Å². The molecule has 2 aromatic carbocycles. The van der Waals surface area contributed by atoms with E-state index < -0.39 is 0 Å². The Labute approximate surface area is 176 Å². The van der Waals surface area contributed by atoms with E-state index in [1.54, 1.807) is 43.1 Å². The molecule has 0 saturated carbocycles. The molecule has 0 bridgehead atoms. The number of ether oxygens (including phenoxy) is 1. The van der Waals surface area contributed by atoms with Crippen molar-refractivity contribution >= 4 is 0 Å². The lowest BCUT2D eigenvalue weighted by Gasteiger charge is -2.28. The maximum atomic E-state index is 8.63. The van der Waals surface area contributed by atoms with Crippen LogP contribution in [0.2, 0.25) is 0 Å². The maximum Gasteiger partial charge on any atom is 0.142 e. The van der Waals surface area contributed by atoms with Crippen molar-refractivity contribution in [3.8, 4) is 11.5 Å². The SMILES string of the molecule is NCc1ccco1.Oc1ccccc1.c1ccc2c(c1)CN(Cc1ccoc1)CO2. The Hall–Kier alpha value is -3.48. The summed E-state index contributed by atoms with van der Waals surface area (Å²) in [6, 6.07) is 22.5. The van der Waals surface area contributed by atoms with Gasteiger partial charge in [0.1, 0.15) is 24.0 Å². The molecule has 0 unspecified atom stereocenters. The summed E-state index contributed by atoms with van der Waals surface area (Å²) in [6.45, 7) is 2.93. The zero-order chi connectivity index (χ0) is 21.0. The van der Waals surface area contributed by atoms with Gasteiger partial charge < -0.3 is 24.4 Å². The number of phenols is 1. The Bertz CT molecular complexity index is 954. The van der Waals surface area contributed by atoms with Gasteiger partial charge in [-0.25, -0.2) is 0 Å². The van der Waals surface area contributed by atoms with Crippen molar-refractivity contribution in [3.05, 3.63) is 108 Å². The van der Waals surface area contributed by atoms with Crippen molar-refractivity contribution in [2.24, 2.45) is 5.73 Å². The number of furan rings is 2. The van der Waals surface area contributed by atoms with Crippen molar-refractivity contribution in [1.29, 1.82) is 0 Å². The highest BCUT2D eigenvalue weighted by molar-refractivity contribution is 5.34. The third-order valence-electron chi connectivity index (χ3n) is 4.29. The number of aromatic hydroxyl groups is 1. The third kappa shape index (κ3) is 6.84. The Morgan fingerprint density at radius 3 is 2.30 bits per heavy atom. The fourth-order valence-corrected chi connectivity index (χ4v) is 2.82. The van der Waals surface area contributed by atoms with E-state index in [0.29, 0.717) is 19.0 Å². The van der Waals surface area contributed by atoms with E-state index in [4.69, 9.17) is 24.4 Å². The van der Waals surface area contributed by atoms with Crippen LogP contribution in [0.5, 0.6) is 11.5 Å². The number of nitrogens with zero attached hydrogens (tertiary/aromatic N) is 1. The summed E-state index contributed by atoms with van der Waals surface area (Å²) in [6.07, 6.45) is 5.09. The van der Waals surface area contributed by atoms with E-state index in [9.17, 15) is 0 Å². The molecule has 30 heavy (non-hydrogen) atoms. The summed E-state index contributed by atoms with van der Waals surface area (Å²) in [5.41, 5.74) is 7.63. The number of nitrogens with two attached hydrogens (primary N) is 1. The Kier molecular flexibility index (Phi) is 8.14. The van der Waals surface area contributed by atoms with E-state index in [-0.39, 0.29) is 0 Å². The lowest BCUT2D eigenvalue weighted by atomic mass is 10.1. The molecule has 3 heterocycles. The van der Waals surface area contributed by atoms with Gasteiger partial charge in [-0.3, -0.25) is 4.90 Å². The summed E-state index contributed by atoms with van der Waals surface area (Å²) in [5.74, 6) is 2.16. The summed E-state index contributed by atoms with van der Waals surface area (Å²) in [5, 5.41) is 8.63. The highest BCUT2D eigenvalue weighted by Crippen LogP contribution is 2.25. The van der Waals surface area contributed by atoms with Gasteiger partial charge in [0.2, 0.25) is 0 Å². The van der Waals surface area contributed by atoms with Crippen molar-refractivity contribution in [3.63, 3.8) is 0 Å². The smallest absolute Gasteiger partial charge is 0.142 e. The summed E-state index contributed by atoms with van der Waals surface area (Å²) < 4.78 is 15.6. The first kappa shape index (κ1) is 21.2. The number of benzene rings is 2. The molecule has 0 atom stereocenters. The topological polar surface area (TPSA) is 85.0 Å².